The Morgan fingerprint density at radius 1 is 1.09 bits per heavy atom. The molecule has 0 aliphatic carbocycles. The van der Waals surface area contributed by atoms with Gasteiger partial charge in [0.25, 0.3) is 5.56 Å². The fourth-order valence-electron chi connectivity index (χ4n) is 4.67. The Bertz CT molecular complexity index is 1100. The van der Waals surface area contributed by atoms with Crippen LogP contribution in [-0.4, -0.2) is 57.9 Å². The molecule has 0 saturated carbocycles. The zero-order valence-corrected chi connectivity index (χ0v) is 19.3. The summed E-state index contributed by atoms with van der Waals surface area (Å²) in [5.74, 6) is 6.94. The first kappa shape index (κ1) is 22.2. The molecular formula is C23H32N6O3. The van der Waals surface area contributed by atoms with E-state index in [4.69, 9.17) is 14.7 Å². The first-order chi connectivity index (χ1) is 15.5. The second-order valence-electron chi connectivity index (χ2n) is 8.46. The lowest BCUT2D eigenvalue weighted by Gasteiger charge is -2.32. The largest absolute Gasteiger partial charge is 0.466 e. The van der Waals surface area contributed by atoms with Gasteiger partial charge < -0.3 is 14.5 Å². The van der Waals surface area contributed by atoms with E-state index in [0.717, 1.165) is 51.3 Å². The van der Waals surface area contributed by atoms with Crippen LogP contribution in [0.25, 0.3) is 11.2 Å². The minimum absolute atomic E-state index is 0.142. The number of anilines is 2. The van der Waals surface area contributed by atoms with Crippen molar-refractivity contribution < 1.29 is 9.53 Å². The Morgan fingerprint density at radius 3 is 2.53 bits per heavy atom. The minimum atomic E-state index is -0.211. The highest BCUT2D eigenvalue weighted by atomic mass is 16.5. The number of esters is 1. The number of aromatic nitrogens is 4. The molecule has 1 atom stereocenters. The third kappa shape index (κ3) is 4.18. The van der Waals surface area contributed by atoms with Gasteiger partial charge in [0, 0.05) is 33.2 Å². The molecular weight excluding hydrogens is 408 g/mol. The van der Waals surface area contributed by atoms with Gasteiger partial charge in [0.2, 0.25) is 11.9 Å². The molecule has 0 amide bonds. The fourth-order valence-corrected chi connectivity index (χ4v) is 4.67. The fraction of sp³-hybridized carbons (Fsp3) is 0.652. The molecule has 32 heavy (non-hydrogen) atoms. The summed E-state index contributed by atoms with van der Waals surface area (Å²) in [6.45, 7) is 7.46. The Balaban J connectivity index is 1.75. The number of ether oxygens (including phenoxy) is 1. The third-order valence-electron chi connectivity index (χ3n) is 6.32. The molecule has 2 aliphatic rings. The summed E-state index contributed by atoms with van der Waals surface area (Å²) in [7, 11) is 1.74. The summed E-state index contributed by atoms with van der Waals surface area (Å²) in [5.41, 5.74) is 0.787. The maximum Gasteiger partial charge on any atom is 0.310 e. The van der Waals surface area contributed by atoms with E-state index in [2.05, 4.69) is 16.7 Å². The number of piperidine rings is 2. The molecule has 0 aromatic carbocycles. The van der Waals surface area contributed by atoms with Crippen LogP contribution in [0.3, 0.4) is 0 Å². The van der Waals surface area contributed by atoms with E-state index in [1.54, 1.807) is 18.5 Å². The molecule has 2 aromatic rings. The van der Waals surface area contributed by atoms with Crippen molar-refractivity contribution in [2.45, 2.75) is 52.5 Å². The summed E-state index contributed by atoms with van der Waals surface area (Å²) in [5, 5.41) is 0. The topological polar surface area (TPSA) is 85.5 Å². The van der Waals surface area contributed by atoms with Crippen LogP contribution in [-0.2, 0) is 23.1 Å². The predicted molar refractivity (Wildman–Crippen MR) is 124 cm³/mol. The predicted octanol–water partition coefficient (Wildman–Crippen LogP) is 1.92. The van der Waals surface area contributed by atoms with Gasteiger partial charge in [-0.2, -0.15) is 9.97 Å². The van der Waals surface area contributed by atoms with Crippen LogP contribution < -0.4 is 15.4 Å². The molecule has 2 aliphatic heterocycles. The maximum atomic E-state index is 13.5. The van der Waals surface area contributed by atoms with Crippen LogP contribution in [0.1, 0.15) is 46.0 Å². The van der Waals surface area contributed by atoms with Crippen LogP contribution in [0.2, 0.25) is 0 Å². The lowest BCUT2D eigenvalue weighted by atomic mass is 9.98. The van der Waals surface area contributed by atoms with Gasteiger partial charge in [-0.15, -0.1) is 5.92 Å². The average molecular weight is 441 g/mol. The summed E-state index contributed by atoms with van der Waals surface area (Å²) in [4.78, 5) is 39.6. The summed E-state index contributed by atoms with van der Waals surface area (Å²) in [6, 6.07) is 0. The van der Waals surface area contributed by atoms with Gasteiger partial charge in [0.05, 0.1) is 19.1 Å². The van der Waals surface area contributed by atoms with Crippen molar-refractivity contribution in [1.82, 2.24) is 19.1 Å². The van der Waals surface area contributed by atoms with Crippen molar-refractivity contribution in [2.75, 3.05) is 42.6 Å². The van der Waals surface area contributed by atoms with Crippen molar-refractivity contribution in [3.05, 3.63) is 10.4 Å². The first-order valence-electron chi connectivity index (χ1n) is 11.6. The molecule has 172 valence electrons. The molecule has 9 heteroatoms. The summed E-state index contributed by atoms with van der Waals surface area (Å²) in [6.07, 6.45) is 5.07. The summed E-state index contributed by atoms with van der Waals surface area (Å²) >= 11 is 0. The SMILES string of the molecule is CC#CCn1c(N2CCCCC2)nc2nc(N3CCC[C@H](C(=O)OCC)C3)n(C)c(=O)c21. The van der Waals surface area contributed by atoms with Gasteiger partial charge in [-0.3, -0.25) is 18.7 Å². The Kier molecular flexibility index (Phi) is 6.68. The minimum Gasteiger partial charge on any atom is -0.466 e. The number of nitrogens with zero attached hydrogens (tertiary/aromatic N) is 6. The molecule has 4 heterocycles. The molecule has 2 saturated heterocycles. The van der Waals surface area contributed by atoms with Gasteiger partial charge in [-0.1, -0.05) is 5.92 Å². The molecule has 0 unspecified atom stereocenters. The highest BCUT2D eigenvalue weighted by Gasteiger charge is 2.30. The first-order valence-corrected chi connectivity index (χ1v) is 11.6. The zero-order valence-electron chi connectivity index (χ0n) is 19.3. The Labute approximate surface area is 188 Å². The summed E-state index contributed by atoms with van der Waals surface area (Å²) < 4.78 is 8.71. The van der Waals surface area contributed by atoms with Crippen LogP contribution in [0.4, 0.5) is 11.9 Å². The van der Waals surface area contributed by atoms with Crippen molar-refractivity contribution in [3.63, 3.8) is 0 Å². The zero-order chi connectivity index (χ0) is 22.7. The molecule has 0 N–H and O–H groups in total. The van der Waals surface area contributed by atoms with Crippen LogP contribution in [0.5, 0.6) is 0 Å². The average Bonchev–Trinajstić information content (AvgIpc) is 3.19. The molecule has 0 bridgehead atoms. The van der Waals surface area contributed by atoms with Gasteiger partial charge in [0.15, 0.2) is 11.2 Å². The normalized spacial score (nSPS) is 19.0. The van der Waals surface area contributed by atoms with Crippen molar-refractivity contribution in [3.8, 4) is 11.8 Å². The van der Waals surface area contributed by atoms with Gasteiger partial charge >= 0.3 is 5.97 Å². The quantitative estimate of drug-likeness (QED) is 0.519. The Morgan fingerprint density at radius 2 is 1.81 bits per heavy atom. The van der Waals surface area contributed by atoms with E-state index in [9.17, 15) is 9.59 Å². The van der Waals surface area contributed by atoms with E-state index in [1.807, 2.05) is 16.4 Å². The smallest absolute Gasteiger partial charge is 0.310 e. The number of rotatable bonds is 5. The molecule has 2 aromatic heterocycles. The maximum absolute atomic E-state index is 13.5. The third-order valence-corrected chi connectivity index (χ3v) is 6.32. The molecule has 2 fully saturated rings. The van der Waals surface area contributed by atoms with E-state index in [-0.39, 0.29) is 17.4 Å². The van der Waals surface area contributed by atoms with Gasteiger partial charge in [0.1, 0.15) is 0 Å². The number of hydrogen-bond acceptors (Lipinski definition) is 7. The second kappa shape index (κ2) is 9.63. The lowest BCUT2D eigenvalue weighted by molar-refractivity contribution is -0.148. The molecule has 9 nitrogen and oxygen atoms in total. The monoisotopic (exact) mass is 440 g/mol. The molecule has 0 spiro atoms. The highest BCUT2D eigenvalue weighted by molar-refractivity contribution is 5.76. The molecule has 4 rings (SSSR count). The number of fused-ring (bicyclic) bond motifs is 1. The van der Waals surface area contributed by atoms with E-state index in [0.29, 0.717) is 36.8 Å². The van der Waals surface area contributed by atoms with Gasteiger partial charge in [-0.05, 0) is 46.0 Å². The number of carbonyl (C=O) groups excluding carboxylic acids is 1. The number of carbonyl (C=O) groups is 1. The van der Waals surface area contributed by atoms with Crippen molar-refractivity contribution in [2.24, 2.45) is 13.0 Å². The standard InChI is InChI=1S/C23H32N6O3/c1-4-6-15-29-18-19(25-23(29)27-12-8-7-9-13-27)24-22(26(3)20(18)30)28-14-10-11-17(16-28)21(31)32-5-2/h17H,5,7-16H2,1-3H3/t17-/m0/s1. The van der Waals surface area contributed by atoms with E-state index in [1.165, 1.54) is 6.42 Å². The Hall–Kier alpha value is -3.02. The van der Waals surface area contributed by atoms with Crippen LogP contribution in [0, 0.1) is 17.8 Å². The van der Waals surface area contributed by atoms with Crippen LogP contribution in [0.15, 0.2) is 4.79 Å². The molecule has 0 radical (unpaired) electrons. The highest BCUT2D eigenvalue weighted by Crippen LogP contribution is 2.26. The van der Waals surface area contributed by atoms with Crippen molar-refractivity contribution >= 4 is 29.0 Å². The van der Waals surface area contributed by atoms with Crippen molar-refractivity contribution in [1.29, 1.82) is 0 Å². The number of hydrogen-bond donors (Lipinski definition) is 0. The van der Waals surface area contributed by atoms with E-state index < -0.39 is 0 Å². The second-order valence-corrected chi connectivity index (χ2v) is 8.46. The van der Waals surface area contributed by atoms with Gasteiger partial charge in [-0.25, -0.2) is 0 Å². The van der Waals surface area contributed by atoms with Crippen LogP contribution >= 0.6 is 0 Å². The van der Waals surface area contributed by atoms with E-state index >= 15 is 0 Å². The number of imidazole rings is 1. The lowest BCUT2D eigenvalue weighted by Crippen LogP contribution is -2.42.